The van der Waals surface area contributed by atoms with E-state index in [4.69, 9.17) is 14.2 Å². The largest absolute Gasteiger partial charge is 0.445 e. The van der Waals surface area contributed by atoms with Gasteiger partial charge in [-0.3, -0.25) is 4.21 Å². The van der Waals surface area contributed by atoms with E-state index in [1.54, 1.807) is 6.26 Å². The van der Waals surface area contributed by atoms with E-state index in [2.05, 4.69) is 5.32 Å². The van der Waals surface area contributed by atoms with Gasteiger partial charge in [-0.15, -0.1) is 0 Å². The lowest BCUT2D eigenvalue weighted by Gasteiger charge is -2.17. The van der Waals surface area contributed by atoms with Crippen LogP contribution < -0.4 is 5.32 Å². The minimum absolute atomic E-state index is 0.119. The van der Waals surface area contributed by atoms with Crippen molar-refractivity contribution in [2.45, 2.75) is 12.6 Å². The summed E-state index contributed by atoms with van der Waals surface area (Å²) >= 11 is 0. The highest BCUT2D eigenvalue weighted by Gasteiger charge is 2.15. The molecule has 0 radical (unpaired) electrons. The number of methoxy groups -OCH3 is 1. The van der Waals surface area contributed by atoms with E-state index in [0.717, 1.165) is 5.56 Å². The Kier molecular flexibility index (Phi) is 8.65. The topological polar surface area (TPSA) is 73.9 Å². The van der Waals surface area contributed by atoms with Gasteiger partial charge in [-0.1, -0.05) is 30.3 Å². The molecule has 118 valence electrons. The molecule has 1 unspecified atom stereocenters. The predicted octanol–water partition coefficient (Wildman–Crippen LogP) is 1.28. The Hall–Kier alpha value is -1.44. The number of carbonyl (C=O) groups is 1. The van der Waals surface area contributed by atoms with Gasteiger partial charge in [0, 0.05) is 29.9 Å². The van der Waals surface area contributed by atoms with Gasteiger partial charge in [0.15, 0.2) is 0 Å². The van der Waals surface area contributed by atoms with E-state index < -0.39 is 16.9 Å². The van der Waals surface area contributed by atoms with Gasteiger partial charge >= 0.3 is 6.09 Å². The Labute approximate surface area is 127 Å². The minimum atomic E-state index is -1.05. The van der Waals surface area contributed by atoms with Crippen molar-refractivity contribution in [1.29, 1.82) is 0 Å². The highest BCUT2D eigenvalue weighted by molar-refractivity contribution is 7.84. The smallest absolute Gasteiger partial charge is 0.407 e. The summed E-state index contributed by atoms with van der Waals surface area (Å²) in [6.45, 7) is 0.523. The van der Waals surface area contributed by atoms with E-state index in [1.165, 1.54) is 7.11 Å². The molecule has 0 fully saturated rings. The highest BCUT2D eigenvalue weighted by Crippen LogP contribution is 2.01. The molecule has 0 spiro atoms. The first-order valence-corrected chi connectivity index (χ1v) is 8.18. The molecule has 0 saturated carbocycles. The first-order chi connectivity index (χ1) is 10.1. The normalized spacial score (nSPS) is 13.4. The standard InChI is InChI=1S/C14H21NO5S/c1-18-11-19-9-13(10-21(2)17)15-14(16)20-8-12-6-4-3-5-7-12/h3-7,13H,8-11H2,1-2H3,(H,15,16)/t13-,21?/m1/s1. The summed E-state index contributed by atoms with van der Waals surface area (Å²) < 4.78 is 26.3. The molecule has 1 aromatic carbocycles. The van der Waals surface area contributed by atoms with Crippen LogP contribution in [-0.4, -0.2) is 48.9 Å². The fraction of sp³-hybridized carbons (Fsp3) is 0.500. The van der Waals surface area contributed by atoms with Gasteiger partial charge in [0.25, 0.3) is 0 Å². The number of carbonyl (C=O) groups excluding carboxylic acids is 1. The van der Waals surface area contributed by atoms with Gasteiger partial charge in [0.05, 0.1) is 12.6 Å². The monoisotopic (exact) mass is 315 g/mol. The van der Waals surface area contributed by atoms with E-state index >= 15 is 0 Å². The van der Waals surface area contributed by atoms with Crippen LogP contribution in [0.5, 0.6) is 0 Å². The predicted molar refractivity (Wildman–Crippen MR) is 80.3 cm³/mol. The van der Waals surface area contributed by atoms with Gasteiger partial charge in [0.1, 0.15) is 13.4 Å². The minimum Gasteiger partial charge on any atom is -0.445 e. The van der Waals surface area contributed by atoms with Crippen LogP contribution in [0.15, 0.2) is 30.3 Å². The summed E-state index contributed by atoms with van der Waals surface area (Å²) in [5.74, 6) is 0.296. The summed E-state index contributed by atoms with van der Waals surface area (Å²) in [6.07, 6.45) is 1.01. The van der Waals surface area contributed by atoms with Crippen LogP contribution in [0.1, 0.15) is 5.56 Å². The molecule has 0 aliphatic rings. The molecule has 21 heavy (non-hydrogen) atoms. The van der Waals surface area contributed by atoms with Crippen molar-refractivity contribution in [3.05, 3.63) is 35.9 Å². The molecule has 0 saturated heterocycles. The van der Waals surface area contributed by atoms with Crippen molar-refractivity contribution in [1.82, 2.24) is 5.32 Å². The van der Waals surface area contributed by atoms with Crippen LogP contribution in [0.4, 0.5) is 4.79 Å². The van der Waals surface area contributed by atoms with Crippen LogP contribution in [-0.2, 0) is 31.6 Å². The molecule has 0 bridgehead atoms. The van der Waals surface area contributed by atoms with E-state index in [9.17, 15) is 9.00 Å². The summed E-state index contributed by atoms with van der Waals surface area (Å²) in [5, 5.41) is 2.64. The van der Waals surface area contributed by atoms with Gasteiger partial charge in [-0.25, -0.2) is 4.79 Å². The Bertz CT molecular complexity index is 440. The maximum absolute atomic E-state index is 11.7. The molecule has 2 atom stereocenters. The van der Waals surface area contributed by atoms with Gasteiger partial charge in [-0.05, 0) is 5.56 Å². The molecular weight excluding hydrogens is 294 g/mol. The number of hydrogen-bond acceptors (Lipinski definition) is 5. The molecule has 1 rings (SSSR count). The molecule has 7 heteroatoms. The lowest BCUT2D eigenvalue weighted by molar-refractivity contribution is -0.0360. The average Bonchev–Trinajstić information content (AvgIpc) is 2.46. The number of ether oxygens (including phenoxy) is 3. The molecule has 0 aliphatic heterocycles. The molecule has 0 heterocycles. The third-order valence-electron chi connectivity index (χ3n) is 2.49. The van der Waals surface area contributed by atoms with Crippen molar-refractivity contribution in [2.24, 2.45) is 0 Å². The fourth-order valence-corrected chi connectivity index (χ4v) is 2.37. The van der Waals surface area contributed by atoms with E-state index in [0.29, 0.717) is 5.75 Å². The summed E-state index contributed by atoms with van der Waals surface area (Å²) in [4.78, 5) is 11.7. The highest BCUT2D eigenvalue weighted by atomic mass is 32.2. The van der Waals surface area contributed by atoms with Crippen molar-refractivity contribution in [3.63, 3.8) is 0 Å². The van der Waals surface area contributed by atoms with Crippen molar-refractivity contribution in [2.75, 3.05) is 32.5 Å². The second-order valence-corrected chi connectivity index (χ2v) is 5.90. The van der Waals surface area contributed by atoms with Crippen LogP contribution in [0.25, 0.3) is 0 Å². The summed E-state index contributed by atoms with van der Waals surface area (Å²) in [6, 6.07) is 9.00. The number of nitrogens with one attached hydrogen (secondary N) is 1. The molecule has 1 N–H and O–H groups in total. The third-order valence-corrected chi connectivity index (χ3v) is 3.36. The second-order valence-electron chi connectivity index (χ2n) is 4.42. The maximum atomic E-state index is 11.7. The molecule has 0 aromatic heterocycles. The Morgan fingerprint density at radius 3 is 2.67 bits per heavy atom. The van der Waals surface area contributed by atoms with Crippen LogP contribution >= 0.6 is 0 Å². The van der Waals surface area contributed by atoms with Crippen LogP contribution in [0.3, 0.4) is 0 Å². The quantitative estimate of drug-likeness (QED) is 0.549. The zero-order valence-corrected chi connectivity index (χ0v) is 13.1. The van der Waals surface area contributed by atoms with Gasteiger partial charge in [0.2, 0.25) is 0 Å². The van der Waals surface area contributed by atoms with Crippen molar-refractivity contribution < 1.29 is 23.2 Å². The zero-order chi connectivity index (χ0) is 15.5. The SMILES string of the molecule is COCOC[C@H](CS(C)=O)NC(=O)OCc1ccccc1. The maximum Gasteiger partial charge on any atom is 0.407 e. The zero-order valence-electron chi connectivity index (χ0n) is 12.2. The first kappa shape index (κ1) is 17.6. The number of benzene rings is 1. The number of amides is 1. The number of alkyl carbamates (subject to hydrolysis) is 1. The molecule has 1 amide bonds. The van der Waals surface area contributed by atoms with Gasteiger partial charge < -0.3 is 19.5 Å². The third kappa shape index (κ3) is 8.44. The fourth-order valence-electron chi connectivity index (χ4n) is 1.62. The second kappa shape index (κ2) is 10.3. The van der Waals surface area contributed by atoms with Crippen molar-refractivity contribution >= 4 is 16.9 Å². The first-order valence-electron chi connectivity index (χ1n) is 6.45. The number of hydrogen-bond donors (Lipinski definition) is 1. The van der Waals surface area contributed by atoms with Crippen molar-refractivity contribution in [3.8, 4) is 0 Å². The van der Waals surface area contributed by atoms with Crippen LogP contribution in [0, 0.1) is 0 Å². The van der Waals surface area contributed by atoms with E-state index in [1.807, 2.05) is 30.3 Å². The Balaban J connectivity index is 2.37. The van der Waals surface area contributed by atoms with Gasteiger partial charge in [-0.2, -0.15) is 0 Å². The summed E-state index contributed by atoms with van der Waals surface area (Å²) in [7, 11) is 0.460. The molecule has 1 aromatic rings. The number of rotatable bonds is 9. The Morgan fingerprint density at radius 1 is 1.33 bits per heavy atom. The Morgan fingerprint density at radius 2 is 2.05 bits per heavy atom. The molecular formula is C14H21NO5S. The molecule has 6 nitrogen and oxygen atoms in total. The average molecular weight is 315 g/mol. The summed E-state index contributed by atoms with van der Waals surface area (Å²) in [5.41, 5.74) is 0.902. The molecule has 0 aliphatic carbocycles. The lowest BCUT2D eigenvalue weighted by Crippen LogP contribution is -2.42. The van der Waals surface area contributed by atoms with Crippen LogP contribution in [0.2, 0.25) is 0 Å². The lowest BCUT2D eigenvalue weighted by atomic mass is 10.2. The van der Waals surface area contributed by atoms with E-state index in [-0.39, 0.29) is 26.0 Å².